The molecule has 0 spiro atoms. The Labute approximate surface area is 133 Å². The molecule has 1 fully saturated rings. The summed E-state index contributed by atoms with van der Waals surface area (Å²) in [6.07, 6.45) is 4.83. The quantitative estimate of drug-likeness (QED) is 0.911. The molecule has 1 aromatic heterocycles. The third-order valence-corrected chi connectivity index (χ3v) is 4.83. The molecule has 0 saturated heterocycles. The minimum Gasteiger partial charge on any atom is -0.339 e. The number of rotatable bonds is 5. The lowest BCUT2D eigenvalue weighted by atomic mass is 9.67. The fourth-order valence-electron chi connectivity index (χ4n) is 2.72. The van der Waals surface area contributed by atoms with Gasteiger partial charge in [-0.25, -0.2) is 0 Å². The summed E-state index contributed by atoms with van der Waals surface area (Å²) in [4.78, 5) is 4.46. The molecule has 0 amide bonds. The standard InChI is InChI=1S/C15H17Cl2N3O/c16-11-3-2-10(12(17)7-11)6-13-19-14(21-20-13)8-15(9-18)4-1-5-15/h2-3,7H,1,4-6,8-9,18H2. The number of halogens is 2. The molecular formula is C15H17Cl2N3O. The van der Waals surface area contributed by atoms with Crippen LogP contribution >= 0.6 is 23.2 Å². The van der Waals surface area contributed by atoms with Crippen molar-refractivity contribution in [3.63, 3.8) is 0 Å². The number of nitrogens with zero attached hydrogens (tertiary/aromatic N) is 2. The summed E-state index contributed by atoms with van der Waals surface area (Å²) in [6, 6.07) is 5.41. The zero-order valence-corrected chi connectivity index (χ0v) is 13.1. The fourth-order valence-corrected chi connectivity index (χ4v) is 3.20. The number of hydrogen-bond donors (Lipinski definition) is 1. The van der Waals surface area contributed by atoms with Crippen LogP contribution in [0.25, 0.3) is 0 Å². The van der Waals surface area contributed by atoms with Gasteiger partial charge in [-0.2, -0.15) is 4.98 Å². The van der Waals surface area contributed by atoms with Crippen LogP contribution in [0, 0.1) is 5.41 Å². The highest BCUT2D eigenvalue weighted by atomic mass is 35.5. The Bertz CT molecular complexity index is 632. The Balaban J connectivity index is 1.70. The molecule has 1 aliphatic rings. The SMILES string of the molecule is NCC1(Cc2nc(Cc3ccc(Cl)cc3Cl)no2)CCC1. The molecular weight excluding hydrogens is 309 g/mol. The Morgan fingerprint density at radius 1 is 1.29 bits per heavy atom. The average molecular weight is 326 g/mol. The molecule has 1 heterocycles. The minimum atomic E-state index is 0.168. The van der Waals surface area contributed by atoms with E-state index in [4.69, 9.17) is 33.5 Å². The fraction of sp³-hybridized carbons (Fsp3) is 0.467. The molecule has 0 unspecified atom stereocenters. The van der Waals surface area contributed by atoms with E-state index in [1.165, 1.54) is 6.42 Å². The minimum absolute atomic E-state index is 0.168. The smallest absolute Gasteiger partial charge is 0.227 e. The molecule has 0 aliphatic heterocycles. The Morgan fingerprint density at radius 2 is 2.10 bits per heavy atom. The van der Waals surface area contributed by atoms with Gasteiger partial charge in [-0.3, -0.25) is 0 Å². The van der Waals surface area contributed by atoms with E-state index in [0.29, 0.717) is 34.7 Å². The molecule has 0 radical (unpaired) electrons. The van der Waals surface area contributed by atoms with Crippen LogP contribution in [0.2, 0.25) is 10.0 Å². The molecule has 1 saturated carbocycles. The highest BCUT2D eigenvalue weighted by molar-refractivity contribution is 6.35. The van der Waals surface area contributed by atoms with Gasteiger partial charge in [0.05, 0.1) is 0 Å². The molecule has 21 heavy (non-hydrogen) atoms. The highest BCUT2D eigenvalue weighted by Crippen LogP contribution is 2.42. The van der Waals surface area contributed by atoms with Gasteiger partial charge in [0.1, 0.15) is 0 Å². The zero-order chi connectivity index (χ0) is 14.9. The Kier molecular flexibility index (Phi) is 4.20. The first kappa shape index (κ1) is 14.8. The van der Waals surface area contributed by atoms with Crippen LogP contribution in [0.1, 0.15) is 36.5 Å². The Hall–Kier alpha value is -1.10. The van der Waals surface area contributed by atoms with Crippen molar-refractivity contribution in [1.82, 2.24) is 10.1 Å². The van der Waals surface area contributed by atoms with Gasteiger partial charge in [-0.1, -0.05) is 40.8 Å². The lowest BCUT2D eigenvalue weighted by Gasteiger charge is -2.39. The van der Waals surface area contributed by atoms with Gasteiger partial charge in [0.25, 0.3) is 0 Å². The summed E-state index contributed by atoms with van der Waals surface area (Å²) in [7, 11) is 0. The number of nitrogens with two attached hydrogens (primary N) is 1. The molecule has 1 aliphatic carbocycles. The second-order valence-corrected chi connectivity index (χ2v) is 6.59. The molecule has 112 valence electrons. The maximum absolute atomic E-state index is 6.16. The molecule has 1 aromatic carbocycles. The monoisotopic (exact) mass is 325 g/mol. The number of aromatic nitrogens is 2. The van der Waals surface area contributed by atoms with E-state index in [9.17, 15) is 0 Å². The molecule has 6 heteroatoms. The van der Waals surface area contributed by atoms with Crippen molar-refractivity contribution in [2.45, 2.75) is 32.1 Å². The van der Waals surface area contributed by atoms with Crippen molar-refractivity contribution < 1.29 is 4.52 Å². The van der Waals surface area contributed by atoms with E-state index >= 15 is 0 Å². The lowest BCUT2D eigenvalue weighted by molar-refractivity contribution is 0.129. The van der Waals surface area contributed by atoms with Gasteiger partial charge in [0.2, 0.25) is 5.89 Å². The summed E-state index contributed by atoms with van der Waals surface area (Å²) in [5, 5.41) is 5.27. The highest BCUT2D eigenvalue weighted by Gasteiger charge is 2.37. The average Bonchev–Trinajstić information content (AvgIpc) is 2.85. The summed E-state index contributed by atoms with van der Waals surface area (Å²) in [5.41, 5.74) is 6.97. The largest absolute Gasteiger partial charge is 0.339 e. The molecule has 2 N–H and O–H groups in total. The van der Waals surface area contributed by atoms with Crippen LogP contribution in [0.5, 0.6) is 0 Å². The van der Waals surface area contributed by atoms with E-state index in [2.05, 4.69) is 10.1 Å². The maximum Gasteiger partial charge on any atom is 0.227 e. The molecule has 2 aromatic rings. The van der Waals surface area contributed by atoms with Gasteiger partial charge in [-0.15, -0.1) is 0 Å². The van der Waals surface area contributed by atoms with Crippen molar-refractivity contribution in [3.8, 4) is 0 Å². The molecule has 0 atom stereocenters. The molecule has 3 rings (SSSR count). The predicted octanol–water partition coefficient (Wildman–Crippen LogP) is 3.64. The summed E-state index contributed by atoms with van der Waals surface area (Å²) < 4.78 is 5.35. The molecule has 0 bridgehead atoms. The van der Waals surface area contributed by atoms with Crippen molar-refractivity contribution in [2.75, 3.05) is 6.54 Å². The third kappa shape index (κ3) is 3.23. The number of benzene rings is 1. The van der Waals surface area contributed by atoms with Crippen molar-refractivity contribution in [3.05, 3.63) is 45.5 Å². The van der Waals surface area contributed by atoms with Crippen LogP contribution in [0.4, 0.5) is 0 Å². The topological polar surface area (TPSA) is 64.9 Å². The van der Waals surface area contributed by atoms with Crippen molar-refractivity contribution in [1.29, 1.82) is 0 Å². The van der Waals surface area contributed by atoms with Gasteiger partial charge in [0.15, 0.2) is 5.82 Å². The summed E-state index contributed by atoms with van der Waals surface area (Å²) in [6.45, 7) is 0.674. The van der Waals surface area contributed by atoms with Gasteiger partial charge in [-0.05, 0) is 42.5 Å². The van der Waals surface area contributed by atoms with Crippen LogP contribution in [0.3, 0.4) is 0 Å². The van der Waals surface area contributed by atoms with Gasteiger partial charge >= 0.3 is 0 Å². The summed E-state index contributed by atoms with van der Waals surface area (Å²) >= 11 is 12.0. The second kappa shape index (κ2) is 5.95. The van der Waals surface area contributed by atoms with E-state index in [1.807, 2.05) is 12.1 Å². The normalized spacial score (nSPS) is 16.7. The zero-order valence-electron chi connectivity index (χ0n) is 11.6. The third-order valence-electron chi connectivity index (χ3n) is 4.25. The lowest BCUT2D eigenvalue weighted by Crippen LogP contribution is -2.39. The van der Waals surface area contributed by atoms with Crippen molar-refractivity contribution in [2.24, 2.45) is 11.1 Å². The maximum atomic E-state index is 6.16. The molecule has 4 nitrogen and oxygen atoms in total. The first-order chi connectivity index (χ1) is 10.1. The van der Waals surface area contributed by atoms with E-state index in [0.717, 1.165) is 24.8 Å². The first-order valence-corrected chi connectivity index (χ1v) is 7.81. The van der Waals surface area contributed by atoms with Crippen LogP contribution in [-0.2, 0) is 12.8 Å². The van der Waals surface area contributed by atoms with Gasteiger partial charge < -0.3 is 10.3 Å². The first-order valence-electron chi connectivity index (χ1n) is 7.06. The van der Waals surface area contributed by atoms with E-state index < -0.39 is 0 Å². The van der Waals surface area contributed by atoms with E-state index in [1.54, 1.807) is 6.07 Å². The van der Waals surface area contributed by atoms with Crippen LogP contribution < -0.4 is 5.73 Å². The van der Waals surface area contributed by atoms with Crippen molar-refractivity contribution >= 4 is 23.2 Å². The van der Waals surface area contributed by atoms with Crippen LogP contribution in [0.15, 0.2) is 22.7 Å². The predicted molar refractivity (Wildman–Crippen MR) is 82.6 cm³/mol. The summed E-state index contributed by atoms with van der Waals surface area (Å²) in [5.74, 6) is 1.31. The Morgan fingerprint density at radius 3 is 2.71 bits per heavy atom. The second-order valence-electron chi connectivity index (χ2n) is 5.75. The number of hydrogen-bond acceptors (Lipinski definition) is 4. The van der Waals surface area contributed by atoms with E-state index in [-0.39, 0.29) is 5.41 Å². The van der Waals surface area contributed by atoms with Gasteiger partial charge in [0, 0.05) is 22.9 Å². The van der Waals surface area contributed by atoms with Crippen LogP contribution in [-0.4, -0.2) is 16.7 Å².